The molecule has 0 spiro atoms. The van der Waals surface area contributed by atoms with Gasteiger partial charge in [-0.25, -0.2) is 0 Å². The molecule has 2 unspecified atom stereocenters. The van der Waals surface area contributed by atoms with E-state index in [1.54, 1.807) is 0 Å². The van der Waals surface area contributed by atoms with Crippen LogP contribution in [0.15, 0.2) is 28.7 Å². The van der Waals surface area contributed by atoms with Gasteiger partial charge in [-0.15, -0.1) is 0 Å². The molecule has 0 aliphatic carbocycles. The van der Waals surface area contributed by atoms with Gasteiger partial charge in [0, 0.05) is 10.5 Å². The number of benzene rings is 1. The maximum Gasteiger partial charge on any atom is 0.0276 e. The van der Waals surface area contributed by atoms with Gasteiger partial charge in [-0.2, -0.15) is 0 Å². The summed E-state index contributed by atoms with van der Waals surface area (Å²) in [5, 5.41) is 0. The summed E-state index contributed by atoms with van der Waals surface area (Å²) < 4.78 is 1.12. The molecule has 0 radical (unpaired) electrons. The second kappa shape index (κ2) is 6.26. The van der Waals surface area contributed by atoms with Crippen molar-refractivity contribution in [3.63, 3.8) is 0 Å². The van der Waals surface area contributed by atoms with Crippen LogP contribution in [0.3, 0.4) is 0 Å². The Morgan fingerprint density at radius 3 is 2.73 bits per heavy atom. The van der Waals surface area contributed by atoms with Crippen molar-refractivity contribution in [1.82, 2.24) is 5.43 Å². The SMILES string of the molecule is CCC(C)C(Cc1cccc(Br)c1)NN. The fraction of sp³-hybridized carbons (Fsp3) is 0.500. The predicted molar refractivity (Wildman–Crippen MR) is 68.4 cm³/mol. The van der Waals surface area contributed by atoms with E-state index in [9.17, 15) is 0 Å². The topological polar surface area (TPSA) is 38.0 Å². The third kappa shape index (κ3) is 3.93. The van der Waals surface area contributed by atoms with Crippen LogP contribution in [0.2, 0.25) is 0 Å². The van der Waals surface area contributed by atoms with E-state index in [1.807, 2.05) is 6.07 Å². The number of hydrazine groups is 1. The van der Waals surface area contributed by atoms with Crippen molar-refractivity contribution in [2.75, 3.05) is 0 Å². The Balaban J connectivity index is 2.66. The molecule has 0 amide bonds. The molecule has 3 N–H and O–H groups in total. The molecule has 0 bridgehead atoms. The smallest absolute Gasteiger partial charge is 0.0276 e. The van der Waals surface area contributed by atoms with E-state index in [2.05, 4.69) is 53.4 Å². The van der Waals surface area contributed by atoms with Gasteiger partial charge in [-0.3, -0.25) is 11.3 Å². The first-order chi connectivity index (χ1) is 7.17. The number of hydrogen-bond donors (Lipinski definition) is 2. The largest absolute Gasteiger partial charge is 0.271 e. The molecular formula is C12H19BrN2. The zero-order valence-electron chi connectivity index (χ0n) is 9.33. The molecule has 0 aliphatic heterocycles. The third-order valence-electron chi connectivity index (χ3n) is 2.89. The summed E-state index contributed by atoms with van der Waals surface area (Å²) in [4.78, 5) is 0. The lowest BCUT2D eigenvalue weighted by Gasteiger charge is -2.22. The van der Waals surface area contributed by atoms with Gasteiger partial charge in [0.15, 0.2) is 0 Å². The maximum atomic E-state index is 5.57. The minimum absolute atomic E-state index is 0.351. The van der Waals surface area contributed by atoms with Crippen molar-refractivity contribution in [3.8, 4) is 0 Å². The van der Waals surface area contributed by atoms with Crippen LogP contribution in [0.5, 0.6) is 0 Å². The van der Waals surface area contributed by atoms with Gasteiger partial charge < -0.3 is 0 Å². The molecular weight excluding hydrogens is 252 g/mol. The number of rotatable bonds is 5. The Bertz CT molecular complexity index is 301. The molecule has 0 saturated heterocycles. The summed E-state index contributed by atoms with van der Waals surface area (Å²) in [5.41, 5.74) is 4.22. The first-order valence-corrected chi connectivity index (χ1v) is 6.17. The van der Waals surface area contributed by atoms with Crippen molar-refractivity contribution in [2.24, 2.45) is 11.8 Å². The fourth-order valence-electron chi connectivity index (χ4n) is 1.63. The van der Waals surface area contributed by atoms with E-state index in [0.29, 0.717) is 12.0 Å². The van der Waals surface area contributed by atoms with Crippen molar-refractivity contribution >= 4 is 15.9 Å². The van der Waals surface area contributed by atoms with Crippen LogP contribution in [-0.2, 0) is 6.42 Å². The minimum Gasteiger partial charge on any atom is -0.271 e. The van der Waals surface area contributed by atoms with Gasteiger partial charge in [0.25, 0.3) is 0 Å². The number of nitrogens with two attached hydrogens (primary N) is 1. The monoisotopic (exact) mass is 270 g/mol. The van der Waals surface area contributed by atoms with Crippen molar-refractivity contribution < 1.29 is 0 Å². The second-order valence-electron chi connectivity index (χ2n) is 3.99. The molecule has 1 aromatic carbocycles. The lowest BCUT2D eigenvalue weighted by molar-refractivity contribution is 0.370. The number of halogens is 1. The Kier molecular flexibility index (Phi) is 5.29. The van der Waals surface area contributed by atoms with Crippen LogP contribution in [0, 0.1) is 5.92 Å². The maximum absolute atomic E-state index is 5.57. The molecule has 0 aromatic heterocycles. The Morgan fingerprint density at radius 1 is 1.47 bits per heavy atom. The zero-order chi connectivity index (χ0) is 11.3. The van der Waals surface area contributed by atoms with E-state index < -0.39 is 0 Å². The van der Waals surface area contributed by atoms with Gasteiger partial charge in [-0.1, -0.05) is 48.3 Å². The highest BCUT2D eigenvalue weighted by Gasteiger charge is 2.14. The summed E-state index contributed by atoms with van der Waals surface area (Å²) in [6.45, 7) is 4.42. The van der Waals surface area contributed by atoms with Crippen LogP contribution in [-0.4, -0.2) is 6.04 Å². The highest BCUT2D eigenvalue weighted by atomic mass is 79.9. The minimum atomic E-state index is 0.351. The molecule has 84 valence electrons. The van der Waals surface area contributed by atoms with E-state index in [1.165, 1.54) is 5.56 Å². The molecule has 1 rings (SSSR count). The molecule has 0 aliphatic rings. The Hall–Kier alpha value is -0.380. The standard InChI is InChI=1S/C12H19BrN2/c1-3-9(2)12(15-14)8-10-5-4-6-11(13)7-10/h4-7,9,12,15H,3,8,14H2,1-2H3. The van der Waals surface area contributed by atoms with Gasteiger partial charge in [-0.05, 0) is 30.0 Å². The highest BCUT2D eigenvalue weighted by Crippen LogP contribution is 2.16. The Morgan fingerprint density at radius 2 is 2.20 bits per heavy atom. The molecule has 0 heterocycles. The lowest BCUT2D eigenvalue weighted by Crippen LogP contribution is -2.41. The van der Waals surface area contributed by atoms with Crippen molar-refractivity contribution in [1.29, 1.82) is 0 Å². The van der Waals surface area contributed by atoms with Crippen LogP contribution in [0.4, 0.5) is 0 Å². The van der Waals surface area contributed by atoms with Crippen LogP contribution in [0.25, 0.3) is 0 Å². The predicted octanol–water partition coefficient (Wildman–Crippen LogP) is 2.87. The van der Waals surface area contributed by atoms with Gasteiger partial charge in [0.1, 0.15) is 0 Å². The van der Waals surface area contributed by atoms with Gasteiger partial charge in [0.2, 0.25) is 0 Å². The zero-order valence-corrected chi connectivity index (χ0v) is 10.9. The van der Waals surface area contributed by atoms with Crippen LogP contribution >= 0.6 is 15.9 Å². The number of nitrogens with one attached hydrogen (secondary N) is 1. The molecule has 1 aromatic rings. The molecule has 2 atom stereocenters. The van der Waals surface area contributed by atoms with Crippen LogP contribution < -0.4 is 11.3 Å². The quantitative estimate of drug-likeness (QED) is 0.638. The average Bonchev–Trinajstić information content (AvgIpc) is 2.25. The average molecular weight is 271 g/mol. The van der Waals surface area contributed by atoms with Crippen molar-refractivity contribution in [2.45, 2.75) is 32.7 Å². The van der Waals surface area contributed by atoms with E-state index >= 15 is 0 Å². The van der Waals surface area contributed by atoms with E-state index in [0.717, 1.165) is 17.3 Å². The summed E-state index contributed by atoms with van der Waals surface area (Å²) in [6.07, 6.45) is 2.12. The molecule has 0 saturated carbocycles. The summed E-state index contributed by atoms with van der Waals surface area (Å²) in [6, 6.07) is 8.73. The normalized spacial score (nSPS) is 14.9. The molecule has 3 heteroatoms. The first kappa shape index (κ1) is 12.7. The molecule has 2 nitrogen and oxygen atoms in total. The summed E-state index contributed by atoms with van der Waals surface area (Å²) >= 11 is 3.48. The van der Waals surface area contributed by atoms with Gasteiger partial charge >= 0.3 is 0 Å². The first-order valence-electron chi connectivity index (χ1n) is 5.38. The molecule has 0 fully saturated rings. The fourth-order valence-corrected chi connectivity index (χ4v) is 2.07. The van der Waals surface area contributed by atoms with Gasteiger partial charge in [0.05, 0.1) is 0 Å². The van der Waals surface area contributed by atoms with Crippen molar-refractivity contribution in [3.05, 3.63) is 34.3 Å². The third-order valence-corrected chi connectivity index (χ3v) is 3.38. The number of hydrogen-bond acceptors (Lipinski definition) is 2. The molecule has 15 heavy (non-hydrogen) atoms. The van der Waals surface area contributed by atoms with Crippen LogP contribution in [0.1, 0.15) is 25.8 Å². The lowest BCUT2D eigenvalue weighted by atomic mass is 9.94. The van der Waals surface area contributed by atoms with E-state index in [-0.39, 0.29) is 0 Å². The second-order valence-corrected chi connectivity index (χ2v) is 4.91. The summed E-state index contributed by atoms with van der Waals surface area (Å²) in [5.74, 6) is 6.17. The van der Waals surface area contributed by atoms with E-state index in [4.69, 9.17) is 5.84 Å². The Labute approximate surface area is 100 Å². The summed E-state index contributed by atoms with van der Waals surface area (Å²) in [7, 11) is 0. The highest BCUT2D eigenvalue weighted by molar-refractivity contribution is 9.10.